The Morgan fingerprint density at radius 3 is 2.32 bits per heavy atom. The van der Waals surface area contributed by atoms with E-state index in [1.54, 1.807) is 12.1 Å². The van der Waals surface area contributed by atoms with Crippen LogP contribution in [0.15, 0.2) is 72.8 Å². The first-order valence-corrected chi connectivity index (χ1v) is 12.2. The maximum absolute atomic E-state index is 10.7. The number of aliphatic carboxylic acids is 1. The predicted octanol–water partition coefficient (Wildman–Crippen LogP) is 4.90. The molecule has 0 aliphatic rings. The second-order valence-electron chi connectivity index (χ2n) is 8.39. The summed E-state index contributed by atoms with van der Waals surface area (Å²) in [6, 6.07) is 21.0. The van der Waals surface area contributed by atoms with Crippen LogP contribution in [0.25, 0.3) is 5.57 Å². The third-order valence-electron chi connectivity index (χ3n) is 5.45. The number of carboxylic acid groups (broad SMARTS) is 1. The largest absolute Gasteiger partial charge is 0.489 e. The quantitative estimate of drug-likeness (QED) is 0.351. The van der Waals surface area contributed by atoms with E-state index in [4.69, 9.17) is 31.3 Å². The van der Waals surface area contributed by atoms with Gasteiger partial charge in [0.2, 0.25) is 0 Å². The topological polar surface area (TPSA) is 79.2 Å². The zero-order valence-corrected chi connectivity index (χ0v) is 21.7. The van der Waals surface area contributed by atoms with Crippen molar-refractivity contribution in [2.24, 2.45) is 0 Å². The molecular formula is C30H30ClNO5. The third-order valence-corrected chi connectivity index (χ3v) is 5.70. The molecule has 0 amide bonds. The average molecular weight is 520 g/mol. The summed E-state index contributed by atoms with van der Waals surface area (Å²) >= 11 is 6.11. The zero-order chi connectivity index (χ0) is 26.6. The van der Waals surface area contributed by atoms with E-state index in [-0.39, 0.29) is 13.2 Å². The number of ether oxygens (including phenoxy) is 2. The van der Waals surface area contributed by atoms with Gasteiger partial charge in [-0.2, -0.15) is 0 Å². The second-order valence-corrected chi connectivity index (χ2v) is 8.82. The van der Waals surface area contributed by atoms with Crippen LogP contribution in [0.4, 0.5) is 0 Å². The van der Waals surface area contributed by atoms with Gasteiger partial charge in [0, 0.05) is 17.1 Å². The first kappa shape index (κ1) is 27.8. The molecule has 0 bridgehead atoms. The van der Waals surface area contributed by atoms with Gasteiger partial charge >= 0.3 is 5.97 Å². The molecule has 3 aromatic rings. The Morgan fingerprint density at radius 1 is 1.03 bits per heavy atom. The van der Waals surface area contributed by atoms with Crippen molar-refractivity contribution in [3.63, 3.8) is 0 Å². The van der Waals surface area contributed by atoms with Crippen molar-refractivity contribution in [3.05, 3.63) is 100 Å². The summed E-state index contributed by atoms with van der Waals surface area (Å²) in [6.07, 6.45) is 2.01. The molecule has 0 aromatic heterocycles. The van der Waals surface area contributed by atoms with Crippen molar-refractivity contribution in [3.8, 4) is 23.3 Å². The Bertz CT molecular complexity index is 1270. The number of likely N-dealkylation sites (N-methyl/N-ethyl adjacent to an activating group) is 1. The van der Waals surface area contributed by atoms with E-state index < -0.39 is 5.97 Å². The smallest absolute Gasteiger partial charge is 0.341 e. The number of benzene rings is 3. The van der Waals surface area contributed by atoms with E-state index in [9.17, 15) is 4.79 Å². The standard InChI is InChI=1S/C30H30ClNO5/c1-22-20-27(13-14-29(22)37-21-30(34)35)36-19-15-28(25-9-11-26(31)12-10-25)24-7-5-23(6-8-24)4-3-16-32(2)17-18-33/h5-15,20,33H,16-19,21H2,1-2H3,(H,34,35)/b28-15-. The molecule has 0 heterocycles. The maximum atomic E-state index is 10.7. The highest BCUT2D eigenvalue weighted by molar-refractivity contribution is 6.30. The fourth-order valence-electron chi connectivity index (χ4n) is 3.53. The Labute approximate surface area is 222 Å². The number of aliphatic hydroxyl groups excluding tert-OH is 1. The van der Waals surface area contributed by atoms with Crippen LogP contribution >= 0.6 is 11.6 Å². The summed E-state index contributed by atoms with van der Waals surface area (Å²) in [5, 5.41) is 18.5. The summed E-state index contributed by atoms with van der Waals surface area (Å²) in [7, 11) is 1.92. The van der Waals surface area contributed by atoms with Gasteiger partial charge in [-0.15, -0.1) is 0 Å². The molecule has 0 spiro atoms. The SMILES string of the molecule is Cc1cc(OC/C=C(\c2ccc(Cl)cc2)c2ccc(C#CCN(C)CCO)cc2)ccc1OCC(=O)O. The molecule has 3 rings (SSSR count). The highest BCUT2D eigenvalue weighted by atomic mass is 35.5. The zero-order valence-electron chi connectivity index (χ0n) is 20.9. The van der Waals surface area contributed by atoms with Crippen molar-refractivity contribution in [2.45, 2.75) is 6.92 Å². The average Bonchev–Trinajstić information content (AvgIpc) is 2.87. The fourth-order valence-corrected chi connectivity index (χ4v) is 3.65. The van der Waals surface area contributed by atoms with E-state index in [1.165, 1.54) is 0 Å². The molecule has 7 heteroatoms. The van der Waals surface area contributed by atoms with Crippen molar-refractivity contribution < 1.29 is 24.5 Å². The van der Waals surface area contributed by atoms with Gasteiger partial charge in [0.15, 0.2) is 6.61 Å². The van der Waals surface area contributed by atoms with Crippen LogP contribution in [-0.4, -0.2) is 61.0 Å². The summed E-state index contributed by atoms with van der Waals surface area (Å²) in [4.78, 5) is 12.7. The lowest BCUT2D eigenvalue weighted by Crippen LogP contribution is -2.22. The number of nitrogens with zero attached hydrogens (tertiary/aromatic N) is 1. The Balaban J connectivity index is 1.75. The van der Waals surface area contributed by atoms with E-state index in [1.807, 2.05) is 79.5 Å². The van der Waals surface area contributed by atoms with Gasteiger partial charge in [0.05, 0.1) is 13.2 Å². The normalized spacial score (nSPS) is 11.1. The summed E-state index contributed by atoms with van der Waals surface area (Å²) in [5.74, 6) is 6.43. The molecule has 0 saturated heterocycles. The lowest BCUT2D eigenvalue weighted by molar-refractivity contribution is -0.139. The van der Waals surface area contributed by atoms with Crippen LogP contribution in [0.2, 0.25) is 5.02 Å². The van der Waals surface area contributed by atoms with Crippen LogP contribution in [0, 0.1) is 18.8 Å². The highest BCUT2D eigenvalue weighted by Crippen LogP contribution is 2.27. The van der Waals surface area contributed by atoms with Crippen molar-refractivity contribution >= 4 is 23.1 Å². The van der Waals surface area contributed by atoms with E-state index in [2.05, 4.69) is 11.8 Å². The van der Waals surface area contributed by atoms with Gasteiger partial charge in [-0.1, -0.05) is 47.7 Å². The number of carboxylic acids is 1. The Hall–Kier alpha value is -3.76. The minimum Gasteiger partial charge on any atom is -0.489 e. The monoisotopic (exact) mass is 519 g/mol. The number of carbonyl (C=O) groups is 1. The Kier molecular flexibility index (Phi) is 10.6. The van der Waals surface area contributed by atoms with Crippen LogP contribution in [-0.2, 0) is 4.79 Å². The van der Waals surface area contributed by atoms with Gasteiger partial charge in [-0.05, 0) is 84.8 Å². The van der Waals surface area contributed by atoms with Gasteiger partial charge in [-0.25, -0.2) is 4.79 Å². The fraction of sp³-hybridized carbons (Fsp3) is 0.233. The Morgan fingerprint density at radius 2 is 1.70 bits per heavy atom. The maximum Gasteiger partial charge on any atom is 0.341 e. The molecule has 0 aliphatic heterocycles. The van der Waals surface area contributed by atoms with Crippen molar-refractivity contribution in [1.82, 2.24) is 4.90 Å². The molecule has 0 fully saturated rings. The first-order valence-electron chi connectivity index (χ1n) is 11.8. The van der Waals surface area contributed by atoms with Crippen LogP contribution in [0.3, 0.4) is 0 Å². The molecule has 2 N–H and O–H groups in total. The van der Waals surface area contributed by atoms with Gasteiger partial charge in [0.1, 0.15) is 18.1 Å². The highest BCUT2D eigenvalue weighted by Gasteiger charge is 2.08. The summed E-state index contributed by atoms with van der Waals surface area (Å²) in [6.45, 7) is 3.07. The number of aliphatic hydroxyl groups is 1. The molecular weight excluding hydrogens is 490 g/mol. The van der Waals surface area contributed by atoms with Gasteiger partial charge in [0.25, 0.3) is 0 Å². The summed E-state index contributed by atoms with van der Waals surface area (Å²) in [5.41, 5.74) is 4.72. The van der Waals surface area contributed by atoms with Gasteiger partial charge in [-0.3, -0.25) is 4.90 Å². The molecule has 0 atom stereocenters. The predicted molar refractivity (Wildman–Crippen MR) is 146 cm³/mol. The minimum atomic E-state index is -1.02. The van der Waals surface area contributed by atoms with Crippen molar-refractivity contribution in [1.29, 1.82) is 0 Å². The lowest BCUT2D eigenvalue weighted by Gasteiger charge is -2.12. The molecule has 0 unspecified atom stereocenters. The minimum absolute atomic E-state index is 0.114. The van der Waals surface area contributed by atoms with Crippen LogP contribution < -0.4 is 9.47 Å². The summed E-state index contributed by atoms with van der Waals surface area (Å²) < 4.78 is 11.2. The molecule has 3 aromatic carbocycles. The van der Waals surface area contributed by atoms with Crippen LogP contribution in [0.1, 0.15) is 22.3 Å². The molecule has 6 nitrogen and oxygen atoms in total. The number of halogens is 1. The molecule has 192 valence electrons. The molecule has 0 radical (unpaired) electrons. The molecule has 37 heavy (non-hydrogen) atoms. The van der Waals surface area contributed by atoms with E-state index in [0.717, 1.165) is 27.8 Å². The lowest BCUT2D eigenvalue weighted by atomic mass is 9.97. The second kappa shape index (κ2) is 14.1. The molecule has 0 aliphatic carbocycles. The first-order chi connectivity index (χ1) is 17.9. The number of rotatable bonds is 11. The number of hydrogen-bond donors (Lipinski definition) is 2. The van der Waals surface area contributed by atoms with Gasteiger partial charge < -0.3 is 19.7 Å². The molecule has 0 saturated carbocycles. The van der Waals surface area contributed by atoms with E-state index >= 15 is 0 Å². The van der Waals surface area contributed by atoms with Crippen LogP contribution in [0.5, 0.6) is 11.5 Å². The number of aryl methyl sites for hydroxylation is 1. The number of hydrogen-bond acceptors (Lipinski definition) is 5. The van der Waals surface area contributed by atoms with Crippen molar-refractivity contribution in [2.75, 3.05) is 40.0 Å². The van der Waals surface area contributed by atoms with E-state index in [0.29, 0.717) is 36.2 Å². The third kappa shape index (κ3) is 9.00.